The molecule has 11 nitrogen and oxygen atoms in total. The van der Waals surface area contributed by atoms with Gasteiger partial charge in [-0.3, -0.25) is 14.5 Å². The summed E-state index contributed by atoms with van der Waals surface area (Å²) in [6.45, 7) is 3.39. The molecule has 188 valence electrons. The second-order valence-electron chi connectivity index (χ2n) is 8.01. The first-order valence-electron chi connectivity index (χ1n) is 11.3. The van der Waals surface area contributed by atoms with Gasteiger partial charge in [0.15, 0.2) is 0 Å². The largest absolute Gasteiger partial charge is 0.497 e. The standard InChI is InChI=1S/C24H26ClN7O4/c1-36-18-3-4-20(25)19(12-18)22(34)29-17-14-27-24(28-15-17)30-16-2-5-21(26-13-16)23(35)32-8-6-31(7-9-32)10-11-33/h2-5,12-15,33H,6-11H2,1H3,(H,29,34)(H,27,28,30). The van der Waals surface area contributed by atoms with Crippen LogP contribution in [0.2, 0.25) is 5.02 Å². The molecule has 1 aliphatic heterocycles. The monoisotopic (exact) mass is 511 g/mol. The Labute approximate surface area is 213 Å². The first-order chi connectivity index (χ1) is 17.5. The fourth-order valence-electron chi connectivity index (χ4n) is 3.66. The van der Waals surface area contributed by atoms with E-state index >= 15 is 0 Å². The minimum Gasteiger partial charge on any atom is -0.497 e. The number of methoxy groups -OCH3 is 1. The Kier molecular flexibility index (Phi) is 8.26. The molecule has 1 aromatic carbocycles. The summed E-state index contributed by atoms with van der Waals surface area (Å²) < 4.78 is 5.14. The molecular formula is C24H26ClN7O4. The average Bonchev–Trinajstić information content (AvgIpc) is 2.91. The van der Waals surface area contributed by atoms with Crippen molar-refractivity contribution in [2.24, 2.45) is 0 Å². The smallest absolute Gasteiger partial charge is 0.272 e. The number of piperazine rings is 1. The van der Waals surface area contributed by atoms with Gasteiger partial charge >= 0.3 is 0 Å². The Morgan fingerprint density at radius 1 is 1.03 bits per heavy atom. The van der Waals surface area contributed by atoms with Crippen molar-refractivity contribution >= 4 is 40.7 Å². The molecule has 3 N–H and O–H groups in total. The fraction of sp³-hybridized carbons (Fsp3) is 0.292. The number of aromatic nitrogens is 3. The van der Waals surface area contributed by atoms with E-state index in [4.69, 9.17) is 21.4 Å². The quantitative estimate of drug-likeness (QED) is 0.416. The van der Waals surface area contributed by atoms with Crippen LogP contribution < -0.4 is 15.4 Å². The number of β-amino-alcohol motifs (C(OH)–C–C–N with tert-alkyl or cyclic N) is 1. The van der Waals surface area contributed by atoms with Crippen LogP contribution in [0.1, 0.15) is 20.8 Å². The molecule has 2 amide bonds. The first-order valence-corrected chi connectivity index (χ1v) is 11.7. The summed E-state index contributed by atoms with van der Waals surface area (Å²) in [6, 6.07) is 8.18. The van der Waals surface area contributed by atoms with Crippen LogP contribution >= 0.6 is 11.6 Å². The maximum Gasteiger partial charge on any atom is 0.272 e. The summed E-state index contributed by atoms with van der Waals surface area (Å²) in [7, 11) is 1.51. The minimum atomic E-state index is -0.414. The Bertz CT molecular complexity index is 1200. The second-order valence-corrected chi connectivity index (χ2v) is 8.42. The van der Waals surface area contributed by atoms with Crippen LogP contribution in [0.25, 0.3) is 0 Å². The molecule has 0 unspecified atom stereocenters. The van der Waals surface area contributed by atoms with Crippen molar-refractivity contribution < 1.29 is 19.4 Å². The van der Waals surface area contributed by atoms with Crippen LogP contribution in [0.3, 0.4) is 0 Å². The average molecular weight is 512 g/mol. The number of carbonyl (C=O) groups is 2. The number of rotatable bonds is 8. The highest BCUT2D eigenvalue weighted by atomic mass is 35.5. The lowest BCUT2D eigenvalue weighted by Gasteiger charge is -2.34. The van der Waals surface area contributed by atoms with E-state index in [0.717, 1.165) is 13.1 Å². The molecule has 2 aromatic heterocycles. The number of carbonyl (C=O) groups excluding carboxylic acids is 2. The molecule has 1 saturated heterocycles. The highest BCUT2D eigenvalue weighted by Crippen LogP contribution is 2.23. The fourth-order valence-corrected chi connectivity index (χ4v) is 3.87. The van der Waals surface area contributed by atoms with Crippen LogP contribution in [0, 0.1) is 0 Å². The molecule has 4 rings (SSSR count). The number of nitrogens with one attached hydrogen (secondary N) is 2. The summed E-state index contributed by atoms with van der Waals surface area (Å²) in [4.78, 5) is 41.8. The van der Waals surface area contributed by atoms with Crippen molar-refractivity contribution in [1.82, 2.24) is 24.8 Å². The molecule has 1 aliphatic rings. The lowest BCUT2D eigenvalue weighted by Crippen LogP contribution is -2.49. The number of anilines is 3. The van der Waals surface area contributed by atoms with E-state index < -0.39 is 5.91 Å². The van der Waals surface area contributed by atoms with Gasteiger partial charge in [-0.15, -0.1) is 0 Å². The number of nitrogens with zero attached hydrogens (tertiary/aromatic N) is 5. The zero-order valence-corrected chi connectivity index (χ0v) is 20.4. The molecule has 0 bridgehead atoms. The van der Waals surface area contributed by atoms with E-state index in [1.54, 1.807) is 41.4 Å². The van der Waals surface area contributed by atoms with Gasteiger partial charge in [0.25, 0.3) is 11.8 Å². The Morgan fingerprint density at radius 2 is 1.75 bits per heavy atom. The molecule has 0 aliphatic carbocycles. The molecule has 36 heavy (non-hydrogen) atoms. The Balaban J connectivity index is 1.32. The van der Waals surface area contributed by atoms with Crippen molar-refractivity contribution in [3.63, 3.8) is 0 Å². The number of ether oxygens (including phenoxy) is 1. The van der Waals surface area contributed by atoms with Gasteiger partial charge in [0.1, 0.15) is 11.4 Å². The van der Waals surface area contributed by atoms with Crippen molar-refractivity contribution in [2.75, 3.05) is 57.1 Å². The summed E-state index contributed by atoms with van der Waals surface area (Å²) in [5.74, 6) is 0.274. The van der Waals surface area contributed by atoms with E-state index in [-0.39, 0.29) is 18.1 Å². The summed E-state index contributed by atoms with van der Waals surface area (Å²) in [5, 5.41) is 15.1. The SMILES string of the molecule is COc1ccc(Cl)c(C(=O)Nc2cnc(Nc3ccc(C(=O)N4CCN(CCO)CC4)nc3)nc2)c1. The first kappa shape index (κ1) is 25.3. The predicted octanol–water partition coefficient (Wildman–Crippen LogP) is 2.28. The molecule has 0 atom stereocenters. The molecular weight excluding hydrogens is 486 g/mol. The van der Waals surface area contributed by atoms with Gasteiger partial charge in [-0.2, -0.15) is 0 Å². The van der Waals surface area contributed by atoms with E-state index in [1.165, 1.54) is 19.5 Å². The summed E-state index contributed by atoms with van der Waals surface area (Å²) in [5.41, 5.74) is 1.62. The van der Waals surface area contributed by atoms with Gasteiger partial charge in [0, 0.05) is 32.7 Å². The zero-order chi connectivity index (χ0) is 25.5. The van der Waals surface area contributed by atoms with Gasteiger partial charge in [-0.05, 0) is 30.3 Å². The number of halogens is 1. The minimum absolute atomic E-state index is 0.114. The van der Waals surface area contributed by atoms with Gasteiger partial charge in [0.05, 0.1) is 54.3 Å². The van der Waals surface area contributed by atoms with Crippen LogP contribution in [0.4, 0.5) is 17.3 Å². The molecule has 0 spiro atoms. The van der Waals surface area contributed by atoms with Crippen molar-refractivity contribution in [2.45, 2.75) is 0 Å². The van der Waals surface area contributed by atoms with Crippen LogP contribution in [0.5, 0.6) is 5.75 Å². The third kappa shape index (κ3) is 6.25. The van der Waals surface area contributed by atoms with Gasteiger partial charge in [0.2, 0.25) is 5.95 Å². The molecule has 12 heteroatoms. The molecule has 3 heterocycles. The Hall–Kier alpha value is -3.80. The van der Waals surface area contributed by atoms with E-state index in [2.05, 4.69) is 30.5 Å². The maximum atomic E-state index is 12.7. The van der Waals surface area contributed by atoms with E-state index in [1.807, 2.05) is 0 Å². The molecule has 0 radical (unpaired) electrons. The summed E-state index contributed by atoms with van der Waals surface area (Å²) in [6.07, 6.45) is 4.46. The van der Waals surface area contributed by atoms with Gasteiger partial charge in [-0.25, -0.2) is 15.0 Å². The second kappa shape index (κ2) is 11.8. The molecule has 3 aromatic rings. The van der Waals surface area contributed by atoms with E-state index in [9.17, 15) is 9.59 Å². The van der Waals surface area contributed by atoms with Crippen molar-refractivity contribution in [3.05, 3.63) is 65.2 Å². The number of amides is 2. The lowest BCUT2D eigenvalue weighted by atomic mass is 10.2. The maximum absolute atomic E-state index is 12.7. The van der Waals surface area contributed by atoms with Crippen LogP contribution in [-0.4, -0.2) is 88.1 Å². The third-order valence-corrected chi connectivity index (χ3v) is 5.97. The van der Waals surface area contributed by atoms with Gasteiger partial charge in [-0.1, -0.05) is 11.6 Å². The molecule has 0 saturated carbocycles. The van der Waals surface area contributed by atoms with Gasteiger partial charge < -0.3 is 25.4 Å². The number of hydrogen-bond acceptors (Lipinski definition) is 9. The number of benzene rings is 1. The highest BCUT2D eigenvalue weighted by molar-refractivity contribution is 6.34. The van der Waals surface area contributed by atoms with Crippen LogP contribution in [-0.2, 0) is 0 Å². The number of aliphatic hydroxyl groups is 1. The lowest BCUT2D eigenvalue weighted by molar-refractivity contribution is 0.0609. The van der Waals surface area contributed by atoms with Crippen molar-refractivity contribution in [3.8, 4) is 5.75 Å². The van der Waals surface area contributed by atoms with Crippen molar-refractivity contribution in [1.29, 1.82) is 0 Å². The van der Waals surface area contributed by atoms with E-state index in [0.29, 0.717) is 53.4 Å². The third-order valence-electron chi connectivity index (χ3n) is 5.64. The normalized spacial score (nSPS) is 13.8. The Morgan fingerprint density at radius 3 is 2.39 bits per heavy atom. The number of hydrogen-bond donors (Lipinski definition) is 3. The number of aliphatic hydroxyl groups excluding tert-OH is 1. The zero-order valence-electron chi connectivity index (χ0n) is 19.6. The summed E-state index contributed by atoms with van der Waals surface area (Å²) >= 11 is 6.12. The topological polar surface area (TPSA) is 133 Å². The molecule has 1 fully saturated rings. The highest BCUT2D eigenvalue weighted by Gasteiger charge is 2.22. The predicted molar refractivity (Wildman–Crippen MR) is 135 cm³/mol. The number of pyridine rings is 1. The van der Waals surface area contributed by atoms with Crippen LogP contribution in [0.15, 0.2) is 48.9 Å².